The molecular weight excluding hydrogens is 474 g/mol. The topological polar surface area (TPSA) is 108 Å². The molecule has 37 heavy (non-hydrogen) atoms. The zero-order valence-electron chi connectivity index (χ0n) is 22.5. The van der Waals surface area contributed by atoms with Crippen LogP contribution in [0.15, 0.2) is 28.5 Å². The van der Waals surface area contributed by atoms with Crippen LogP contribution in [0.3, 0.4) is 0 Å². The Balaban J connectivity index is 1.71. The highest BCUT2D eigenvalue weighted by Gasteiger charge is 2.56. The van der Waals surface area contributed by atoms with Gasteiger partial charge in [-0.15, -0.1) is 0 Å². The lowest BCUT2D eigenvalue weighted by molar-refractivity contribution is -0.124. The summed E-state index contributed by atoms with van der Waals surface area (Å²) in [4.78, 5) is 43.8. The third-order valence-corrected chi connectivity index (χ3v) is 8.82. The van der Waals surface area contributed by atoms with Gasteiger partial charge in [-0.2, -0.15) is 0 Å². The summed E-state index contributed by atoms with van der Waals surface area (Å²) in [5.74, 6) is -0.0424. The maximum Gasteiger partial charge on any atom is 0.226 e. The third kappa shape index (κ3) is 3.54. The maximum atomic E-state index is 13.7. The van der Waals surface area contributed by atoms with Gasteiger partial charge >= 0.3 is 0 Å². The molecule has 4 unspecified atom stereocenters. The number of aromatic hydroxyl groups is 1. The fraction of sp³-hybridized carbons (Fsp3) is 0.536. The number of piperazine rings is 1. The first kappa shape index (κ1) is 25.5. The van der Waals surface area contributed by atoms with E-state index in [4.69, 9.17) is 9.47 Å². The average Bonchev–Trinajstić information content (AvgIpc) is 2.84. The van der Waals surface area contributed by atoms with Crippen LogP contribution >= 0.6 is 0 Å². The minimum absolute atomic E-state index is 0.0117. The molecule has 5 atom stereocenters. The van der Waals surface area contributed by atoms with Gasteiger partial charge in [0.25, 0.3) is 0 Å². The van der Waals surface area contributed by atoms with Crippen molar-refractivity contribution in [3.63, 3.8) is 0 Å². The van der Waals surface area contributed by atoms with Gasteiger partial charge in [0.2, 0.25) is 11.7 Å². The molecular formula is C28H35N3O6. The van der Waals surface area contributed by atoms with Crippen LogP contribution in [0.5, 0.6) is 11.5 Å². The number of likely N-dealkylation sites (N-methyl/N-ethyl adjacent to an activating group) is 1. The van der Waals surface area contributed by atoms with E-state index in [0.29, 0.717) is 28.9 Å². The summed E-state index contributed by atoms with van der Waals surface area (Å²) in [5.41, 5.74) is 3.96. The van der Waals surface area contributed by atoms with Crippen molar-refractivity contribution in [2.75, 3.05) is 27.8 Å². The van der Waals surface area contributed by atoms with Crippen LogP contribution in [-0.2, 0) is 25.5 Å². The van der Waals surface area contributed by atoms with Gasteiger partial charge < -0.3 is 19.9 Å². The number of amides is 1. The minimum atomic E-state index is -0.503. The first-order chi connectivity index (χ1) is 17.5. The van der Waals surface area contributed by atoms with Gasteiger partial charge in [0, 0.05) is 53.9 Å². The number of ketones is 2. The van der Waals surface area contributed by atoms with Gasteiger partial charge in [-0.3, -0.25) is 24.2 Å². The van der Waals surface area contributed by atoms with E-state index in [-0.39, 0.29) is 59.7 Å². The number of carbonyl (C=O) groups is 3. The van der Waals surface area contributed by atoms with Crippen molar-refractivity contribution in [1.82, 2.24) is 15.1 Å². The Morgan fingerprint density at radius 3 is 2.46 bits per heavy atom. The smallest absolute Gasteiger partial charge is 0.226 e. The number of ether oxygens (including phenoxy) is 2. The molecule has 3 aliphatic heterocycles. The molecule has 2 N–H and O–H groups in total. The van der Waals surface area contributed by atoms with Crippen molar-refractivity contribution in [2.24, 2.45) is 0 Å². The third-order valence-electron chi connectivity index (χ3n) is 8.82. The summed E-state index contributed by atoms with van der Waals surface area (Å²) in [6, 6.07) is 1.27. The van der Waals surface area contributed by atoms with Crippen LogP contribution in [0, 0.1) is 6.92 Å². The van der Waals surface area contributed by atoms with Crippen molar-refractivity contribution in [3.8, 4) is 11.5 Å². The zero-order chi connectivity index (χ0) is 26.9. The number of carbonyl (C=O) groups excluding carboxylic acids is 3. The largest absolute Gasteiger partial charge is 0.504 e. The standard InChI is InChI=1S/C28H35N3O6/c1-12-8-16-9-18-14(3)31-19(23(30(18)5)21(16)25(34)27(12)36-6)10-17-22(20(31)11-29-15(4)32)26(35)28(37-7)13(2)24(17)33/h8,14,18-20,23,34H,9-11H2,1-7H3,(H,29,32)/t14-,18?,19?,20?,23?/m0/s1. The SMILES string of the molecule is COC1=C(C)C(=O)C2=C(C1=O)C(CNC(C)=O)N1C(C2)C2c3c(cc(C)c(OC)c3O)CC([C@@H]1C)N2C. The molecule has 1 aromatic carbocycles. The monoisotopic (exact) mass is 509 g/mol. The number of phenolic OH excluding ortho intramolecular Hbond substituents is 1. The second-order valence-corrected chi connectivity index (χ2v) is 10.7. The second-order valence-electron chi connectivity index (χ2n) is 10.7. The number of benzene rings is 1. The average molecular weight is 510 g/mol. The Morgan fingerprint density at radius 2 is 1.84 bits per heavy atom. The van der Waals surface area contributed by atoms with Gasteiger partial charge in [-0.05, 0) is 51.8 Å². The van der Waals surface area contributed by atoms with Gasteiger partial charge in [0.05, 0.1) is 26.3 Å². The van der Waals surface area contributed by atoms with E-state index in [0.717, 1.165) is 23.1 Å². The highest BCUT2D eigenvalue weighted by molar-refractivity contribution is 6.25. The van der Waals surface area contributed by atoms with Crippen LogP contribution in [-0.4, -0.2) is 84.4 Å². The van der Waals surface area contributed by atoms with Crippen molar-refractivity contribution >= 4 is 17.5 Å². The fourth-order valence-corrected chi connectivity index (χ4v) is 7.26. The van der Waals surface area contributed by atoms with Crippen molar-refractivity contribution < 1.29 is 29.0 Å². The molecule has 0 aromatic heterocycles. The first-order valence-electron chi connectivity index (χ1n) is 12.7. The van der Waals surface area contributed by atoms with Crippen LogP contribution in [0.2, 0.25) is 0 Å². The Hall–Kier alpha value is -3.17. The number of allylic oxidation sites excluding steroid dienone is 2. The van der Waals surface area contributed by atoms with Crippen LogP contribution < -0.4 is 10.1 Å². The number of Topliss-reactive ketones (excluding diaryl/α,β-unsaturated/α-hetero) is 2. The van der Waals surface area contributed by atoms with Crippen LogP contribution in [0.1, 0.15) is 49.9 Å². The molecule has 4 aliphatic rings. The van der Waals surface area contributed by atoms with E-state index in [1.54, 1.807) is 14.0 Å². The van der Waals surface area contributed by atoms with Crippen molar-refractivity contribution in [3.05, 3.63) is 45.2 Å². The highest BCUT2D eigenvalue weighted by atomic mass is 16.5. The fourth-order valence-electron chi connectivity index (χ4n) is 7.26. The van der Waals surface area contributed by atoms with Gasteiger partial charge in [0.15, 0.2) is 23.0 Å². The Kier molecular flexibility index (Phi) is 6.19. The Bertz CT molecular complexity index is 1280. The summed E-state index contributed by atoms with van der Waals surface area (Å²) in [7, 11) is 5.02. The molecule has 198 valence electrons. The highest BCUT2D eigenvalue weighted by Crippen LogP contribution is 2.53. The number of phenols is 1. The maximum absolute atomic E-state index is 13.7. The van der Waals surface area contributed by atoms with E-state index >= 15 is 0 Å². The quantitative estimate of drug-likeness (QED) is 0.593. The van der Waals surface area contributed by atoms with Crippen LogP contribution in [0.4, 0.5) is 0 Å². The van der Waals surface area contributed by atoms with E-state index in [2.05, 4.69) is 35.2 Å². The van der Waals surface area contributed by atoms with E-state index in [9.17, 15) is 19.5 Å². The number of rotatable bonds is 4. The lowest BCUT2D eigenvalue weighted by Crippen LogP contribution is -2.70. The van der Waals surface area contributed by atoms with Crippen molar-refractivity contribution in [2.45, 2.75) is 70.7 Å². The summed E-state index contributed by atoms with van der Waals surface area (Å²) in [6.45, 7) is 7.34. The lowest BCUT2D eigenvalue weighted by atomic mass is 9.69. The Labute approximate surface area is 217 Å². The number of methoxy groups -OCH3 is 2. The minimum Gasteiger partial charge on any atom is -0.504 e. The number of fused-ring (bicyclic) bond motifs is 6. The number of aryl methyl sites for hydroxylation is 1. The molecule has 3 heterocycles. The second kappa shape index (κ2) is 8.99. The van der Waals surface area contributed by atoms with Gasteiger partial charge in [0.1, 0.15) is 0 Å². The number of nitrogens with zero attached hydrogens (tertiary/aromatic N) is 2. The molecule has 2 bridgehead atoms. The molecule has 0 spiro atoms. The number of hydrogen-bond acceptors (Lipinski definition) is 8. The van der Waals surface area contributed by atoms with E-state index in [1.165, 1.54) is 14.0 Å². The number of hydrogen-bond donors (Lipinski definition) is 2. The van der Waals surface area contributed by atoms with Crippen molar-refractivity contribution in [1.29, 1.82) is 0 Å². The lowest BCUT2D eigenvalue weighted by Gasteiger charge is -2.61. The van der Waals surface area contributed by atoms with Gasteiger partial charge in [-0.25, -0.2) is 0 Å². The van der Waals surface area contributed by atoms with Crippen LogP contribution in [0.25, 0.3) is 0 Å². The summed E-state index contributed by atoms with van der Waals surface area (Å²) in [6.07, 6.45) is 1.07. The molecule has 1 saturated heterocycles. The first-order valence-corrected chi connectivity index (χ1v) is 12.7. The molecule has 1 aromatic rings. The molecule has 9 nitrogen and oxygen atoms in total. The summed E-state index contributed by atoms with van der Waals surface area (Å²) >= 11 is 0. The molecule has 1 aliphatic carbocycles. The Morgan fingerprint density at radius 1 is 1.14 bits per heavy atom. The van der Waals surface area contributed by atoms with E-state index < -0.39 is 6.04 Å². The summed E-state index contributed by atoms with van der Waals surface area (Å²) < 4.78 is 10.9. The number of nitrogens with one attached hydrogen (secondary N) is 1. The molecule has 1 fully saturated rings. The zero-order valence-corrected chi connectivity index (χ0v) is 22.5. The van der Waals surface area contributed by atoms with Gasteiger partial charge in [-0.1, -0.05) is 6.07 Å². The summed E-state index contributed by atoms with van der Waals surface area (Å²) in [5, 5.41) is 14.3. The molecule has 1 amide bonds. The molecule has 0 radical (unpaired) electrons. The normalized spacial score (nSPS) is 29.5. The molecule has 9 heteroatoms. The molecule has 0 saturated carbocycles. The molecule has 5 rings (SSSR count). The predicted molar refractivity (Wildman–Crippen MR) is 136 cm³/mol. The van der Waals surface area contributed by atoms with E-state index in [1.807, 2.05) is 6.92 Å². The predicted octanol–water partition coefficient (Wildman–Crippen LogP) is 1.96.